The Balaban J connectivity index is 1.88. The zero-order valence-electron chi connectivity index (χ0n) is 13.7. The molecule has 24 heavy (non-hydrogen) atoms. The number of ether oxygens (including phenoxy) is 1. The maximum atomic E-state index is 13.5. The molecule has 0 spiro atoms. The lowest BCUT2D eigenvalue weighted by atomic mass is 10.0. The summed E-state index contributed by atoms with van der Waals surface area (Å²) < 4.78 is 46.4. The molecule has 1 aliphatic carbocycles. The Morgan fingerprint density at radius 1 is 1.12 bits per heavy atom. The van der Waals surface area contributed by atoms with E-state index in [9.17, 15) is 12.8 Å². The summed E-state index contributed by atoms with van der Waals surface area (Å²) in [5, 5.41) is 0. The minimum atomic E-state index is -3.90. The van der Waals surface area contributed by atoms with E-state index < -0.39 is 21.9 Å². The Bertz CT molecular complexity index is 865. The van der Waals surface area contributed by atoms with Crippen molar-refractivity contribution in [3.05, 3.63) is 58.9 Å². The molecule has 0 fully saturated rings. The fraction of sp³-hybridized carbons (Fsp3) is 0.333. The molecule has 2 aromatic rings. The zero-order chi connectivity index (χ0) is 17.3. The molecule has 3 rings (SSSR count). The van der Waals surface area contributed by atoms with Crippen molar-refractivity contribution >= 4 is 10.0 Å². The molecule has 0 aromatic heterocycles. The standard InChI is InChI=1S/C18H20FNO3S/c1-12(14-7-6-13-4-3-5-15(13)10-14)20-24(21,22)18-11-16(19)8-9-17(18)23-2/h6-12,20H,3-5H2,1-2H3/t12-/m1/s1. The van der Waals surface area contributed by atoms with E-state index >= 15 is 0 Å². The molecule has 1 atom stereocenters. The second-order valence-electron chi connectivity index (χ2n) is 6.02. The van der Waals surface area contributed by atoms with Gasteiger partial charge in [-0.2, -0.15) is 0 Å². The van der Waals surface area contributed by atoms with Gasteiger partial charge in [0.05, 0.1) is 7.11 Å². The van der Waals surface area contributed by atoms with Gasteiger partial charge in [-0.05, 0) is 61.1 Å². The Morgan fingerprint density at radius 3 is 2.62 bits per heavy atom. The van der Waals surface area contributed by atoms with Gasteiger partial charge in [-0.25, -0.2) is 17.5 Å². The predicted molar refractivity (Wildman–Crippen MR) is 90.2 cm³/mol. The number of hydrogen-bond donors (Lipinski definition) is 1. The lowest BCUT2D eigenvalue weighted by molar-refractivity contribution is 0.400. The van der Waals surface area contributed by atoms with Crippen molar-refractivity contribution in [1.82, 2.24) is 4.72 Å². The van der Waals surface area contributed by atoms with Gasteiger partial charge in [-0.15, -0.1) is 0 Å². The molecule has 0 radical (unpaired) electrons. The van der Waals surface area contributed by atoms with Crippen molar-refractivity contribution in [1.29, 1.82) is 0 Å². The lowest BCUT2D eigenvalue weighted by Gasteiger charge is -2.17. The van der Waals surface area contributed by atoms with Crippen molar-refractivity contribution in [2.24, 2.45) is 0 Å². The predicted octanol–water partition coefficient (Wildman–Crippen LogP) is 3.36. The fourth-order valence-corrected chi connectivity index (χ4v) is 4.50. The summed E-state index contributed by atoms with van der Waals surface area (Å²) in [6.07, 6.45) is 3.25. The van der Waals surface area contributed by atoms with Crippen LogP contribution in [0, 0.1) is 5.82 Å². The molecule has 6 heteroatoms. The van der Waals surface area contributed by atoms with Crippen molar-refractivity contribution in [2.45, 2.75) is 37.1 Å². The molecule has 4 nitrogen and oxygen atoms in total. The quantitative estimate of drug-likeness (QED) is 0.900. The van der Waals surface area contributed by atoms with Crippen LogP contribution in [0.3, 0.4) is 0 Å². The highest BCUT2D eigenvalue weighted by atomic mass is 32.2. The van der Waals surface area contributed by atoms with Gasteiger partial charge in [0.15, 0.2) is 0 Å². The Morgan fingerprint density at radius 2 is 1.88 bits per heavy atom. The second kappa shape index (κ2) is 6.53. The van der Waals surface area contributed by atoms with Gasteiger partial charge >= 0.3 is 0 Å². The third-order valence-electron chi connectivity index (χ3n) is 4.37. The number of rotatable bonds is 5. The Kier molecular flexibility index (Phi) is 4.60. The molecule has 1 N–H and O–H groups in total. The number of aryl methyl sites for hydroxylation is 2. The van der Waals surface area contributed by atoms with Gasteiger partial charge in [0.2, 0.25) is 10.0 Å². The summed E-state index contributed by atoms with van der Waals surface area (Å²) >= 11 is 0. The minimum Gasteiger partial charge on any atom is -0.495 e. The molecule has 0 saturated heterocycles. The first-order valence-electron chi connectivity index (χ1n) is 7.88. The third kappa shape index (κ3) is 3.30. The van der Waals surface area contributed by atoms with E-state index in [4.69, 9.17) is 4.74 Å². The summed E-state index contributed by atoms with van der Waals surface area (Å²) in [5.74, 6) is -0.508. The van der Waals surface area contributed by atoms with Gasteiger partial charge in [0, 0.05) is 6.04 Å². The smallest absolute Gasteiger partial charge is 0.244 e. The van der Waals surface area contributed by atoms with Crippen molar-refractivity contribution in [3.63, 3.8) is 0 Å². The molecule has 0 saturated carbocycles. The minimum absolute atomic E-state index is 0.116. The number of fused-ring (bicyclic) bond motifs is 1. The summed E-state index contributed by atoms with van der Waals surface area (Å²) in [7, 11) is -2.54. The number of hydrogen-bond acceptors (Lipinski definition) is 3. The molecule has 2 aromatic carbocycles. The highest BCUT2D eigenvalue weighted by molar-refractivity contribution is 7.89. The van der Waals surface area contributed by atoms with Gasteiger partial charge < -0.3 is 4.74 Å². The van der Waals surface area contributed by atoms with Crippen LogP contribution in [-0.2, 0) is 22.9 Å². The van der Waals surface area contributed by atoms with Gasteiger partial charge in [-0.1, -0.05) is 18.2 Å². The third-order valence-corrected chi connectivity index (χ3v) is 5.93. The van der Waals surface area contributed by atoms with Crippen molar-refractivity contribution in [2.75, 3.05) is 7.11 Å². The molecular weight excluding hydrogens is 329 g/mol. The fourth-order valence-electron chi connectivity index (χ4n) is 3.09. The van der Waals surface area contributed by atoms with Gasteiger partial charge in [0.25, 0.3) is 0 Å². The maximum Gasteiger partial charge on any atom is 0.244 e. The van der Waals surface area contributed by atoms with Crippen LogP contribution in [-0.4, -0.2) is 15.5 Å². The lowest BCUT2D eigenvalue weighted by Crippen LogP contribution is -2.27. The summed E-state index contributed by atoms with van der Waals surface area (Å²) in [4.78, 5) is -0.196. The first-order chi connectivity index (χ1) is 11.4. The number of methoxy groups -OCH3 is 1. The Labute approximate surface area is 141 Å². The number of nitrogens with one attached hydrogen (secondary N) is 1. The van der Waals surface area contributed by atoms with Crippen LogP contribution in [0.2, 0.25) is 0 Å². The molecule has 1 aliphatic rings. The summed E-state index contributed by atoms with van der Waals surface area (Å²) in [5.41, 5.74) is 3.51. The molecular formula is C18H20FNO3S. The average molecular weight is 349 g/mol. The van der Waals surface area contributed by atoms with Crippen LogP contribution in [0.15, 0.2) is 41.3 Å². The van der Waals surface area contributed by atoms with Crippen LogP contribution < -0.4 is 9.46 Å². The van der Waals surface area contributed by atoms with Crippen molar-refractivity contribution < 1.29 is 17.5 Å². The Hall–Kier alpha value is -1.92. The van der Waals surface area contributed by atoms with Crippen molar-refractivity contribution in [3.8, 4) is 5.75 Å². The van der Waals surface area contributed by atoms with Crippen LogP contribution in [0.25, 0.3) is 0 Å². The molecule has 0 heterocycles. The normalized spacial score (nSPS) is 15.1. The van der Waals surface area contributed by atoms with Crippen LogP contribution in [0.5, 0.6) is 5.75 Å². The molecule has 0 amide bonds. The van der Waals surface area contributed by atoms with Gasteiger partial charge in [-0.3, -0.25) is 0 Å². The molecule has 0 aliphatic heterocycles. The second-order valence-corrected chi connectivity index (χ2v) is 7.70. The summed E-state index contributed by atoms with van der Waals surface area (Å²) in [6, 6.07) is 9.08. The van der Waals surface area contributed by atoms with E-state index in [0.29, 0.717) is 0 Å². The van der Waals surface area contributed by atoms with E-state index in [1.165, 1.54) is 30.4 Å². The largest absolute Gasteiger partial charge is 0.495 e. The van der Waals surface area contributed by atoms with Crippen LogP contribution in [0.1, 0.15) is 36.1 Å². The SMILES string of the molecule is COc1ccc(F)cc1S(=O)(=O)N[C@H](C)c1ccc2c(c1)CCC2. The summed E-state index contributed by atoms with van der Waals surface area (Å²) in [6.45, 7) is 1.78. The molecule has 0 bridgehead atoms. The molecule has 0 unspecified atom stereocenters. The average Bonchev–Trinajstić information content (AvgIpc) is 3.02. The zero-order valence-corrected chi connectivity index (χ0v) is 14.5. The van der Waals surface area contributed by atoms with Crippen LogP contribution in [0.4, 0.5) is 4.39 Å². The maximum absolute atomic E-state index is 13.5. The number of sulfonamides is 1. The van der Waals surface area contributed by atoms with E-state index in [1.807, 2.05) is 6.07 Å². The van der Waals surface area contributed by atoms with E-state index in [1.54, 1.807) is 6.92 Å². The highest BCUT2D eigenvalue weighted by Gasteiger charge is 2.24. The van der Waals surface area contributed by atoms with Crippen LogP contribution >= 0.6 is 0 Å². The van der Waals surface area contributed by atoms with Gasteiger partial charge in [0.1, 0.15) is 16.5 Å². The number of benzene rings is 2. The highest BCUT2D eigenvalue weighted by Crippen LogP contribution is 2.28. The monoisotopic (exact) mass is 349 g/mol. The first kappa shape index (κ1) is 16.9. The number of halogens is 1. The first-order valence-corrected chi connectivity index (χ1v) is 9.36. The topological polar surface area (TPSA) is 55.4 Å². The van der Waals surface area contributed by atoms with E-state index in [0.717, 1.165) is 30.9 Å². The van der Waals surface area contributed by atoms with E-state index in [-0.39, 0.29) is 10.6 Å². The van der Waals surface area contributed by atoms with E-state index in [2.05, 4.69) is 16.9 Å². The molecule has 128 valence electrons.